The second-order valence-corrected chi connectivity index (χ2v) is 7.63. The molecule has 1 aliphatic rings. The number of rotatable bonds is 4. The standard InChI is InChI=1S/C22H21F4N3O2/c23-16-9-12-18-27-20(28-21(30)15-5-3-1-2-4-6-15)19(29(18)13-16)14-7-10-17(11-8-14)31-22(24,25)26/h7-13,15H,1-6H2,(H,28,30). The van der Waals surface area contributed by atoms with Crippen molar-refractivity contribution in [3.8, 4) is 17.0 Å². The minimum absolute atomic E-state index is 0.126. The van der Waals surface area contributed by atoms with Gasteiger partial charge in [0.2, 0.25) is 5.91 Å². The number of pyridine rings is 1. The summed E-state index contributed by atoms with van der Waals surface area (Å²) in [6, 6.07) is 7.88. The van der Waals surface area contributed by atoms with E-state index in [1.165, 1.54) is 47.0 Å². The average molecular weight is 435 g/mol. The number of aromatic nitrogens is 2. The van der Waals surface area contributed by atoms with E-state index in [1.807, 2.05) is 0 Å². The molecule has 1 saturated carbocycles. The highest BCUT2D eigenvalue weighted by molar-refractivity contribution is 5.95. The molecule has 3 aromatic rings. The average Bonchev–Trinajstić information content (AvgIpc) is 2.88. The maximum absolute atomic E-state index is 13.9. The Labute approximate surface area is 176 Å². The summed E-state index contributed by atoms with van der Waals surface area (Å²) in [5, 5.41) is 2.86. The van der Waals surface area contributed by atoms with Crippen LogP contribution < -0.4 is 10.1 Å². The summed E-state index contributed by atoms with van der Waals surface area (Å²) >= 11 is 0. The Morgan fingerprint density at radius 2 is 1.71 bits per heavy atom. The van der Waals surface area contributed by atoms with Gasteiger partial charge in [0.1, 0.15) is 17.2 Å². The molecule has 0 saturated heterocycles. The fourth-order valence-electron chi connectivity index (χ4n) is 3.96. The van der Waals surface area contributed by atoms with Crippen LogP contribution in [-0.4, -0.2) is 21.7 Å². The van der Waals surface area contributed by atoms with Crippen LogP contribution in [0.4, 0.5) is 23.4 Å². The summed E-state index contributed by atoms with van der Waals surface area (Å²) in [5.41, 5.74) is 1.25. The summed E-state index contributed by atoms with van der Waals surface area (Å²) in [7, 11) is 0. The lowest BCUT2D eigenvalue weighted by Crippen LogP contribution is -2.22. The van der Waals surface area contributed by atoms with Crippen LogP contribution in [0.5, 0.6) is 5.75 Å². The van der Waals surface area contributed by atoms with E-state index in [1.54, 1.807) is 0 Å². The van der Waals surface area contributed by atoms with Crippen molar-refractivity contribution in [2.24, 2.45) is 5.92 Å². The SMILES string of the molecule is O=C(Nc1nc2ccc(F)cn2c1-c1ccc(OC(F)(F)F)cc1)C1CCCCCC1. The van der Waals surface area contributed by atoms with Gasteiger partial charge in [0.15, 0.2) is 5.82 Å². The fraction of sp³-hybridized carbons (Fsp3) is 0.364. The number of hydrogen-bond donors (Lipinski definition) is 1. The number of benzene rings is 1. The lowest BCUT2D eigenvalue weighted by molar-refractivity contribution is -0.274. The number of nitrogens with one attached hydrogen (secondary N) is 1. The van der Waals surface area contributed by atoms with Gasteiger partial charge in [0.05, 0.1) is 5.69 Å². The molecule has 0 atom stereocenters. The van der Waals surface area contributed by atoms with Gasteiger partial charge in [-0.2, -0.15) is 0 Å². The number of nitrogens with zero attached hydrogens (tertiary/aromatic N) is 2. The van der Waals surface area contributed by atoms with E-state index in [2.05, 4.69) is 15.0 Å². The maximum Gasteiger partial charge on any atom is 0.573 e. The Kier molecular flexibility index (Phi) is 5.84. The molecule has 1 N–H and O–H groups in total. The summed E-state index contributed by atoms with van der Waals surface area (Å²) in [4.78, 5) is 17.3. The minimum atomic E-state index is -4.80. The molecule has 0 unspecified atom stereocenters. The van der Waals surface area contributed by atoms with Gasteiger partial charge >= 0.3 is 6.36 Å². The molecule has 2 heterocycles. The van der Waals surface area contributed by atoms with Crippen molar-refractivity contribution in [2.45, 2.75) is 44.9 Å². The third kappa shape index (κ3) is 4.98. The number of anilines is 1. The number of hydrogen-bond acceptors (Lipinski definition) is 3. The lowest BCUT2D eigenvalue weighted by atomic mass is 9.99. The molecule has 164 valence electrons. The Morgan fingerprint density at radius 3 is 2.35 bits per heavy atom. The van der Waals surface area contributed by atoms with Crippen LogP contribution in [0.2, 0.25) is 0 Å². The number of carbonyl (C=O) groups is 1. The fourth-order valence-corrected chi connectivity index (χ4v) is 3.96. The Balaban J connectivity index is 1.69. The first-order valence-corrected chi connectivity index (χ1v) is 10.1. The summed E-state index contributed by atoms with van der Waals surface area (Å²) in [6.45, 7) is 0. The molecule has 1 fully saturated rings. The van der Waals surface area contributed by atoms with E-state index in [0.717, 1.165) is 38.5 Å². The van der Waals surface area contributed by atoms with Crippen LogP contribution >= 0.6 is 0 Å². The highest BCUT2D eigenvalue weighted by Gasteiger charge is 2.31. The van der Waals surface area contributed by atoms with Gasteiger partial charge in [0, 0.05) is 17.7 Å². The molecule has 0 radical (unpaired) electrons. The topological polar surface area (TPSA) is 55.6 Å². The van der Waals surface area contributed by atoms with E-state index >= 15 is 0 Å². The van der Waals surface area contributed by atoms with E-state index in [-0.39, 0.29) is 23.4 Å². The smallest absolute Gasteiger partial charge is 0.406 e. The van der Waals surface area contributed by atoms with Crippen molar-refractivity contribution >= 4 is 17.4 Å². The second kappa shape index (κ2) is 8.56. The molecule has 2 aromatic heterocycles. The number of imidazole rings is 1. The van der Waals surface area contributed by atoms with Crippen molar-refractivity contribution in [3.63, 3.8) is 0 Å². The van der Waals surface area contributed by atoms with Crippen molar-refractivity contribution in [2.75, 3.05) is 5.32 Å². The van der Waals surface area contributed by atoms with E-state index in [9.17, 15) is 22.4 Å². The third-order valence-electron chi connectivity index (χ3n) is 5.41. The zero-order valence-corrected chi connectivity index (χ0v) is 16.6. The number of amides is 1. The van der Waals surface area contributed by atoms with Gasteiger partial charge in [-0.25, -0.2) is 9.37 Å². The monoisotopic (exact) mass is 435 g/mol. The van der Waals surface area contributed by atoms with Crippen LogP contribution in [0.25, 0.3) is 16.9 Å². The summed E-state index contributed by atoms with van der Waals surface area (Å²) in [6.07, 6.45) is 2.21. The molecule has 0 spiro atoms. The van der Waals surface area contributed by atoms with Gasteiger partial charge in [-0.1, -0.05) is 25.7 Å². The van der Waals surface area contributed by atoms with Gasteiger partial charge in [-0.15, -0.1) is 13.2 Å². The third-order valence-corrected chi connectivity index (χ3v) is 5.41. The van der Waals surface area contributed by atoms with E-state index < -0.39 is 12.2 Å². The number of carbonyl (C=O) groups excluding carboxylic acids is 1. The highest BCUT2D eigenvalue weighted by atomic mass is 19.4. The second-order valence-electron chi connectivity index (χ2n) is 7.63. The number of ether oxygens (including phenoxy) is 1. The Morgan fingerprint density at radius 1 is 1.03 bits per heavy atom. The number of fused-ring (bicyclic) bond motifs is 1. The van der Waals surface area contributed by atoms with Crippen LogP contribution in [0.3, 0.4) is 0 Å². The molecular formula is C22H21F4N3O2. The molecule has 5 nitrogen and oxygen atoms in total. The minimum Gasteiger partial charge on any atom is -0.406 e. The molecule has 1 amide bonds. The summed E-state index contributed by atoms with van der Waals surface area (Å²) < 4.78 is 56.7. The zero-order valence-electron chi connectivity index (χ0n) is 16.6. The first-order valence-electron chi connectivity index (χ1n) is 10.1. The quantitative estimate of drug-likeness (QED) is 0.407. The zero-order chi connectivity index (χ0) is 22.0. The van der Waals surface area contributed by atoms with Gasteiger partial charge < -0.3 is 10.1 Å². The molecular weight excluding hydrogens is 414 g/mol. The molecule has 31 heavy (non-hydrogen) atoms. The largest absolute Gasteiger partial charge is 0.573 e. The van der Waals surface area contributed by atoms with E-state index in [4.69, 9.17) is 0 Å². The first kappa shape index (κ1) is 21.1. The molecule has 9 heteroatoms. The van der Waals surface area contributed by atoms with Crippen LogP contribution in [-0.2, 0) is 4.79 Å². The van der Waals surface area contributed by atoms with Crippen molar-refractivity contribution in [1.29, 1.82) is 0 Å². The molecule has 4 rings (SSSR count). The normalized spacial score (nSPS) is 15.6. The molecule has 0 aliphatic heterocycles. The van der Waals surface area contributed by atoms with Gasteiger partial charge in [-0.3, -0.25) is 9.20 Å². The number of alkyl halides is 3. The maximum atomic E-state index is 13.9. The van der Waals surface area contributed by atoms with Crippen LogP contribution in [0.15, 0.2) is 42.6 Å². The molecule has 0 bridgehead atoms. The Bertz CT molecular complexity index is 1070. The van der Waals surface area contributed by atoms with Gasteiger partial charge in [0.25, 0.3) is 0 Å². The Hall–Kier alpha value is -3.10. The van der Waals surface area contributed by atoms with Crippen molar-refractivity contribution in [3.05, 3.63) is 48.4 Å². The number of halogens is 4. The highest BCUT2D eigenvalue weighted by Crippen LogP contribution is 2.33. The van der Waals surface area contributed by atoms with Crippen molar-refractivity contribution < 1.29 is 27.1 Å². The van der Waals surface area contributed by atoms with Crippen molar-refractivity contribution in [1.82, 2.24) is 9.38 Å². The van der Waals surface area contributed by atoms with Crippen LogP contribution in [0, 0.1) is 11.7 Å². The predicted octanol–water partition coefficient (Wildman–Crippen LogP) is 5.95. The predicted molar refractivity (Wildman–Crippen MR) is 107 cm³/mol. The van der Waals surface area contributed by atoms with Crippen LogP contribution in [0.1, 0.15) is 38.5 Å². The molecule has 1 aromatic carbocycles. The molecule has 1 aliphatic carbocycles. The van der Waals surface area contributed by atoms with Gasteiger partial charge in [-0.05, 0) is 49.2 Å². The first-order chi connectivity index (χ1) is 14.8. The summed E-state index contributed by atoms with van der Waals surface area (Å²) in [5.74, 6) is -0.919. The lowest BCUT2D eigenvalue weighted by Gasteiger charge is -2.14. The van der Waals surface area contributed by atoms with E-state index in [0.29, 0.717) is 16.9 Å².